The first kappa shape index (κ1) is 17.3. The summed E-state index contributed by atoms with van der Waals surface area (Å²) >= 11 is 0. The van der Waals surface area contributed by atoms with E-state index in [2.05, 4.69) is 31.8 Å². The van der Waals surface area contributed by atoms with E-state index >= 15 is 0 Å². The van der Waals surface area contributed by atoms with Gasteiger partial charge in [-0.05, 0) is 55.3 Å². The van der Waals surface area contributed by atoms with Crippen LogP contribution in [0.15, 0.2) is 42.7 Å². The summed E-state index contributed by atoms with van der Waals surface area (Å²) in [6, 6.07) is 7.13. The fourth-order valence-electron chi connectivity index (χ4n) is 2.98. The molecule has 0 unspecified atom stereocenters. The van der Waals surface area contributed by atoms with Crippen LogP contribution in [0.4, 0.5) is 20.5 Å². The molecule has 0 amide bonds. The summed E-state index contributed by atoms with van der Waals surface area (Å²) in [4.78, 5) is 8.80. The molecule has 2 aromatic heterocycles. The van der Waals surface area contributed by atoms with Crippen molar-refractivity contribution in [1.29, 1.82) is 0 Å². The molecule has 3 aromatic rings. The number of nitrogens with zero attached hydrogens (tertiary/aromatic N) is 4. The summed E-state index contributed by atoms with van der Waals surface area (Å²) < 4.78 is 28.1. The first-order valence-electron chi connectivity index (χ1n) is 8.61. The van der Waals surface area contributed by atoms with Gasteiger partial charge in [0.15, 0.2) is 0 Å². The van der Waals surface area contributed by atoms with Crippen molar-refractivity contribution in [2.45, 2.75) is 13.3 Å². The molecular weight excluding hydrogens is 350 g/mol. The SMILES string of the molecule is Cc1cc(Nc2ncn(-c3cc(F)cc(F)c3)n2)nc(C2=CCNCC2)c1. The fourth-order valence-corrected chi connectivity index (χ4v) is 2.98. The molecule has 8 heteroatoms. The molecule has 0 atom stereocenters. The van der Waals surface area contributed by atoms with Gasteiger partial charge in [-0.1, -0.05) is 6.08 Å². The second-order valence-corrected chi connectivity index (χ2v) is 6.36. The van der Waals surface area contributed by atoms with Gasteiger partial charge in [-0.15, -0.1) is 5.10 Å². The van der Waals surface area contributed by atoms with Gasteiger partial charge in [-0.2, -0.15) is 4.98 Å². The predicted molar refractivity (Wildman–Crippen MR) is 99.0 cm³/mol. The molecule has 27 heavy (non-hydrogen) atoms. The standard InChI is InChI=1S/C19H18F2N6/c1-12-6-17(13-2-4-22-5-3-13)24-18(7-12)25-19-23-11-27(26-19)16-9-14(20)8-15(21)10-16/h2,6-11,22H,3-5H2,1H3,(H,24,25,26). The lowest BCUT2D eigenvalue weighted by Gasteiger charge is -2.15. The van der Waals surface area contributed by atoms with Crippen molar-refractivity contribution in [3.05, 3.63) is 65.6 Å². The molecule has 6 nitrogen and oxygen atoms in total. The fraction of sp³-hybridized carbons (Fsp3) is 0.211. The summed E-state index contributed by atoms with van der Waals surface area (Å²) in [5.74, 6) is -0.430. The van der Waals surface area contributed by atoms with Crippen LogP contribution >= 0.6 is 0 Å². The largest absolute Gasteiger partial charge is 0.313 e. The molecule has 3 heterocycles. The van der Waals surface area contributed by atoms with Crippen molar-refractivity contribution < 1.29 is 8.78 Å². The zero-order valence-electron chi connectivity index (χ0n) is 14.7. The molecule has 138 valence electrons. The number of hydrogen-bond acceptors (Lipinski definition) is 5. The highest BCUT2D eigenvalue weighted by molar-refractivity contribution is 5.66. The molecule has 0 saturated heterocycles. The Morgan fingerprint density at radius 3 is 2.67 bits per heavy atom. The quantitative estimate of drug-likeness (QED) is 0.739. The number of rotatable bonds is 4. The van der Waals surface area contributed by atoms with E-state index in [-0.39, 0.29) is 5.69 Å². The van der Waals surface area contributed by atoms with Gasteiger partial charge in [-0.3, -0.25) is 0 Å². The van der Waals surface area contributed by atoms with E-state index in [1.165, 1.54) is 28.7 Å². The Labute approximate surface area is 155 Å². The Morgan fingerprint density at radius 2 is 1.93 bits per heavy atom. The Hall–Kier alpha value is -3.13. The van der Waals surface area contributed by atoms with Crippen LogP contribution in [0, 0.1) is 18.6 Å². The maximum Gasteiger partial charge on any atom is 0.248 e. The molecule has 1 aliphatic rings. The minimum atomic E-state index is -0.671. The van der Waals surface area contributed by atoms with E-state index in [0.717, 1.165) is 36.8 Å². The zero-order valence-corrected chi connectivity index (χ0v) is 14.7. The zero-order chi connectivity index (χ0) is 18.8. The third kappa shape index (κ3) is 4.01. The van der Waals surface area contributed by atoms with Crippen molar-refractivity contribution in [3.63, 3.8) is 0 Å². The number of hydrogen-bond donors (Lipinski definition) is 2. The Morgan fingerprint density at radius 1 is 1.11 bits per heavy atom. The monoisotopic (exact) mass is 368 g/mol. The minimum absolute atomic E-state index is 0.255. The maximum absolute atomic E-state index is 13.4. The third-order valence-electron chi connectivity index (χ3n) is 4.21. The molecule has 0 aliphatic carbocycles. The molecule has 0 bridgehead atoms. The average molecular weight is 368 g/mol. The number of benzene rings is 1. The van der Waals surface area contributed by atoms with Crippen molar-refractivity contribution in [1.82, 2.24) is 25.1 Å². The van der Waals surface area contributed by atoms with Gasteiger partial charge in [0.1, 0.15) is 23.8 Å². The number of nitrogens with one attached hydrogen (secondary N) is 2. The summed E-state index contributed by atoms with van der Waals surface area (Å²) in [7, 11) is 0. The summed E-state index contributed by atoms with van der Waals surface area (Å²) in [6.45, 7) is 3.77. The molecule has 0 radical (unpaired) electrons. The second kappa shape index (κ2) is 7.24. The van der Waals surface area contributed by atoms with Crippen LogP contribution in [0.3, 0.4) is 0 Å². The molecule has 1 aliphatic heterocycles. The lowest BCUT2D eigenvalue weighted by molar-refractivity contribution is 0.580. The predicted octanol–water partition coefficient (Wildman–Crippen LogP) is 3.37. The van der Waals surface area contributed by atoms with Crippen LogP contribution in [-0.2, 0) is 0 Å². The van der Waals surface area contributed by atoms with Crippen LogP contribution < -0.4 is 10.6 Å². The minimum Gasteiger partial charge on any atom is -0.313 e. The lowest BCUT2D eigenvalue weighted by Crippen LogP contribution is -2.20. The second-order valence-electron chi connectivity index (χ2n) is 6.36. The van der Waals surface area contributed by atoms with Gasteiger partial charge >= 0.3 is 0 Å². The first-order valence-corrected chi connectivity index (χ1v) is 8.61. The molecule has 0 saturated carbocycles. The number of pyridine rings is 1. The smallest absolute Gasteiger partial charge is 0.248 e. The summed E-state index contributed by atoms with van der Waals surface area (Å²) in [5.41, 5.74) is 3.44. The molecule has 0 spiro atoms. The molecule has 2 N–H and O–H groups in total. The summed E-state index contributed by atoms with van der Waals surface area (Å²) in [5, 5.41) is 10.6. The topological polar surface area (TPSA) is 67.7 Å². The van der Waals surface area contributed by atoms with E-state index in [9.17, 15) is 8.78 Å². The molecular formula is C19H18F2N6. The van der Waals surface area contributed by atoms with E-state index in [4.69, 9.17) is 0 Å². The van der Waals surface area contributed by atoms with Crippen LogP contribution in [0.1, 0.15) is 17.7 Å². The Bertz CT molecular complexity index is 991. The average Bonchev–Trinajstić information content (AvgIpc) is 3.10. The first-order chi connectivity index (χ1) is 13.1. The van der Waals surface area contributed by atoms with Crippen molar-refractivity contribution >= 4 is 17.3 Å². The van der Waals surface area contributed by atoms with Gasteiger partial charge in [0.05, 0.1) is 11.4 Å². The van der Waals surface area contributed by atoms with Crippen molar-refractivity contribution in [2.24, 2.45) is 0 Å². The number of halogens is 2. The van der Waals surface area contributed by atoms with Crippen LogP contribution in [0.25, 0.3) is 11.3 Å². The van der Waals surface area contributed by atoms with Crippen molar-refractivity contribution in [3.8, 4) is 5.69 Å². The van der Waals surface area contributed by atoms with Crippen molar-refractivity contribution in [2.75, 3.05) is 18.4 Å². The Balaban J connectivity index is 1.59. The highest BCUT2D eigenvalue weighted by atomic mass is 19.1. The number of aryl methyl sites for hydroxylation is 1. The van der Waals surface area contributed by atoms with Crippen LogP contribution in [0.5, 0.6) is 0 Å². The van der Waals surface area contributed by atoms with Gasteiger partial charge < -0.3 is 10.6 Å². The van der Waals surface area contributed by atoms with E-state index in [1.807, 2.05) is 19.1 Å². The molecule has 4 rings (SSSR count). The van der Waals surface area contributed by atoms with Gasteiger partial charge in [-0.25, -0.2) is 18.4 Å². The number of aromatic nitrogens is 4. The number of anilines is 2. The van der Waals surface area contributed by atoms with Gasteiger partial charge in [0, 0.05) is 12.6 Å². The third-order valence-corrected chi connectivity index (χ3v) is 4.21. The van der Waals surface area contributed by atoms with Gasteiger partial charge in [0.2, 0.25) is 5.95 Å². The van der Waals surface area contributed by atoms with Crippen LogP contribution in [-0.4, -0.2) is 32.8 Å². The van der Waals surface area contributed by atoms with Gasteiger partial charge in [0.25, 0.3) is 0 Å². The highest BCUT2D eigenvalue weighted by Crippen LogP contribution is 2.22. The van der Waals surface area contributed by atoms with E-state index < -0.39 is 11.6 Å². The molecule has 1 aromatic carbocycles. The maximum atomic E-state index is 13.4. The van der Waals surface area contributed by atoms with E-state index in [0.29, 0.717) is 11.8 Å². The normalized spacial score (nSPS) is 14.1. The lowest BCUT2D eigenvalue weighted by atomic mass is 10.0. The summed E-state index contributed by atoms with van der Waals surface area (Å²) in [6.07, 6.45) is 4.46. The van der Waals surface area contributed by atoms with Crippen LogP contribution in [0.2, 0.25) is 0 Å². The van der Waals surface area contributed by atoms with E-state index in [1.54, 1.807) is 0 Å². The Kier molecular flexibility index (Phi) is 4.64. The highest BCUT2D eigenvalue weighted by Gasteiger charge is 2.11. The molecule has 0 fully saturated rings.